The highest BCUT2D eigenvalue weighted by Crippen LogP contribution is 2.30. The molecule has 0 heterocycles. The number of esters is 1. The summed E-state index contributed by atoms with van der Waals surface area (Å²) >= 11 is 0. The summed E-state index contributed by atoms with van der Waals surface area (Å²) < 4.78 is 69.2. The molecule has 1 rings (SSSR count). The third-order valence-electron chi connectivity index (χ3n) is 2.74. The lowest BCUT2D eigenvalue weighted by atomic mass is 9.99. The molecule has 7 heteroatoms. The molecule has 2 nitrogen and oxygen atoms in total. The number of rotatable bonds is 3. The second kappa shape index (κ2) is 5.54. The van der Waals surface area contributed by atoms with Gasteiger partial charge < -0.3 is 4.74 Å². The van der Waals surface area contributed by atoms with E-state index in [-0.39, 0.29) is 5.92 Å². The minimum absolute atomic E-state index is 0.214. The number of carbonyl (C=O) groups excluding carboxylic acids is 1. The van der Waals surface area contributed by atoms with Gasteiger partial charge in [-0.15, -0.1) is 0 Å². The first kappa shape index (κ1) is 15.4. The first-order valence-electron chi connectivity index (χ1n) is 5.41. The maximum Gasteiger partial charge on any atom is 0.314 e. The highest BCUT2D eigenvalue weighted by atomic mass is 19.2. The van der Waals surface area contributed by atoms with Crippen LogP contribution in [-0.2, 0) is 4.79 Å². The molecule has 1 aromatic rings. The third-order valence-corrected chi connectivity index (χ3v) is 2.74. The summed E-state index contributed by atoms with van der Waals surface area (Å²) in [6.07, 6.45) is 0. The van der Waals surface area contributed by atoms with Gasteiger partial charge in [-0.1, -0.05) is 20.8 Å². The van der Waals surface area contributed by atoms with Crippen molar-refractivity contribution in [3.05, 3.63) is 29.1 Å². The van der Waals surface area contributed by atoms with Gasteiger partial charge in [0.1, 0.15) is 0 Å². The molecule has 0 spiro atoms. The van der Waals surface area contributed by atoms with Crippen molar-refractivity contribution in [2.45, 2.75) is 20.8 Å². The Balaban J connectivity index is 3.19. The van der Waals surface area contributed by atoms with Crippen molar-refractivity contribution in [3.8, 4) is 5.75 Å². The summed E-state index contributed by atoms with van der Waals surface area (Å²) in [5.41, 5.74) is 0. The van der Waals surface area contributed by atoms with Crippen LogP contribution in [0.2, 0.25) is 0 Å². The van der Waals surface area contributed by atoms with Gasteiger partial charge in [0.25, 0.3) is 0 Å². The van der Waals surface area contributed by atoms with Crippen LogP contribution in [-0.4, -0.2) is 5.97 Å². The highest BCUT2D eigenvalue weighted by Gasteiger charge is 2.30. The summed E-state index contributed by atoms with van der Waals surface area (Å²) in [7, 11) is 0. The number of ether oxygens (including phenoxy) is 1. The zero-order valence-electron chi connectivity index (χ0n) is 10.4. The predicted octanol–water partition coefficient (Wildman–Crippen LogP) is 3.58. The molecule has 0 saturated carbocycles. The molecule has 0 bridgehead atoms. The molecule has 0 aliphatic heterocycles. The normalized spacial score (nSPS) is 12.7. The van der Waals surface area contributed by atoms with E-state index in [1.54, 1.807) is 13.8 Å². The zero-order chi connectivity index (χ0) is 14.9. The van der Waals surface area contributed by atoms with Crippen LogP contribution in [0.4, 0.5) is 22.0 Å². The molecule has 0 aromatic heterocycles. The number of benzene rings is 1. The van der Waals surface area contributed by atoms with Crippen LogP contribution in [0, 0.1) is 40.9 Å². The van der Waals surface area contributed by atoms with E-state index >= 15 is 0 Å². The van der Waals surface area contributed by atoms with E-state index in [0.717, 1.165) is 0 Å². The van der Waals surface area contributed by atoms with E-state index in [2.05, 4.69) is 4.74 Å². The van der Waals surface area contributed by atoms with Gasteiger partial charge in [0, 0.05) is 0 Å². The SMILES string of the molecule is CC(C)C(C)C(=O)Oc1c(F)c(F)c(F)c(F)c1F. The van der Waals surface area contributed by atoms with Crippen LogP contribution in [0.3, 0.4) is 0 Å². The Labute approximate surface area is 106 Å². The molecular formula is C12H11F5O2. The number of hydrogen-bond acceptors (Lipinski definition) is 2. The fourth-order valence-electron chi connectivity index (χ4n) is 1.14. The molecule has 0 N–H and O–H groups in total. The molecule has 1 aromatic carbocycles. The van der Waals surface area contributed by atoms with Gasteiger partial charge in [0.15, 0.2) is 0 Å². The molecule has 106 valence electrons. The zero-order valence-corrected chi connectivity index (χ0v) is 10.4. The first-order chi connectivity index (χ1) is 8.68. The molecule has 1 unspecified atom stereocenters. The molecule has 1 atom stereocenters. The lowest BCUT2D eigenvalue weighted by Crippen LogP contribution is -2.23. The molecule has 0 radical (unpaired) electrons. The molecule has 0 amide bonds. The van der Waals surface area contributed by atoms with E-state index in [0.29, 0.717) is 0 Å². The monoisotopic (exact) mass is 282 g/mol. The lowest BCUT2D eigenvalue weighted by molar-refractivity contribution is -0.140. The largest absolute Gasteiger partial charge is 0.420 e. The molecule has 0 saturated heterocycles. The van der Waals surface area contributed by atoms with E-state index in [9.17, 15) is 26.7 Å². The quantitative estimate of drug-likeness (QED) is 0.278. The lowest BCUT2D eigenvalue weighted by Gasteiger charge is -2.15. The Kier molecular flexibility index (Phi) is 4.49. The second-order valence-electron chi connectivity index (χ2n) is 4.35. The fourth-order valence-corrected chi connectivity index (χ4v) is 1.14. The van der Waals surface area contributed by atoms with Crippen LogP contribution >= 0.6 is 0 Å². The second-order valence-corrected chi connectivity index (χ2v) is 4.35. The number of hydrogen-bond donors (Lipinski definition) is 0. The standard InChI is InChI=1S/C12H11F5O2/c1-4(2)5(3)12(18)19-11-9(16)7(14)6(13)8(15)10(11)17/h4-5H,1-3H3. The van der Waals surface area contributed by atoms with Gasteiger partial charge in [-0.3, -0.25) is 4.79 Å². The first-order valence-corrected chi connectivity index (χ1v) is 5.41. The van der Waals surface area contributed by atoms with Gasteiger partial charge in [0.2, 0.25) is 34.8 Å². The van der Waals surface area contributed by atoms with Crippen molar-refractivity contribution >= 4 is 5.97 Å². The Hall–Kier alpha value is -1.66. The Morgan fingerprint density at radius 3 is 1.58 bits per heavy atom. The van der Waals surface area contributed by atoms with Crippen LogP contribution in [0.1, 0.15) is 20.8 Å². The Bertz CT molecular complexity index is 484. The maximum absolute atomic E-state index is 13.2. The van der Waals surface area contributed by atoms with Crippen LogP contribution in [0.15, 0.2) is 0 Å². The molecular weight excluding hydrogens is 271 g/mol. The van der Waals surface area contributed by atoms with Gasteiger partial charge >= 0.3 is 5.97 Å². The molecule has 19 heavy (non-hydrogen) atoms. The minimum Gasteiger partial charge on any atom is -0.420 e. The fraction of sp³-hybridized carbons (Fsp3) is 0.417. The summed E-state index contributed by atoms with van der Waals surface area (Å²) in [5.74, 6) is -14.6. The average Bonchev–Trinajstić information content (AvgIpc) is 2.37. The van der Waals surface area contributed by atoms with Crippen molar-refractivity contribution in [3.63, 3.8) is 0 Å². The average molecular weight is 282 g/mol. The van der Waals surface area contributed by atoms with Crippen molar-refractivity contribution in [2.24, 2.45) is 11.8 Å². The van der Waals surface area contributed by atoms with Crippen molar-refractivity contribution in [1.29, 1.82) is 0 Å². The van der Waals surface area contributed by atoms with Crippen molar-refractivity contribution < 1.29 is 31.5 Å². The highest BCUT2D eigenvalue weighted by molar-refractivity contribution is 5.75. The smallest absolute Gasteiger partial charge is 0.314 e. The predicted molar refractivity (Wildman–Crippen MR) is 55.9 cm³/mol. The Morgan fingerprint density at radius 1 is 0.842 bits per heavy atom. The van der Waals surface area contributed by atoms with Crippen LogP contribution in [0.25, 0.3) is 0 Å². The molecule has 0 fully saturated rings. The number of carbonyl (C=O) groups is 1. The minimum atomic E-state index is -2.30. The van der Waals surface area contributed by atoms with Crippen LogP contribution < -0.4 is 4.74 Å². The molecule has 0 aliphatic carbocycles. The summed E-state index contributed by atoms with van der Waals surface area (Å²) in [4.78, 5) is 11.5. The number of halogens is 5. The van der Waals surface area contributed by atoms with Crippen LogP contribution in [0.5, 0.6) is 5.75 Å². The summed E-state index contributed by atoms with van der Waals surface area (Å²) in [6.45, 7) is 4.70. The van der Waals surface area contributed by atoms with Gasteiger partial charge in [-0.25, -0.2) is 13.2 Å². The van der Waals surface area contributed by atoms with E-state index in [1.165, 1.54) is 6.92 Å². The topological polar surface area (TPSA) is 26.3 Å². The van der Waals surface area contributed by atoms with Gasteiger partial charge in [-0.05, 0) is 5.92 Å². The maximum atomic E-state index is 13.2. The van der Waals surface area contributed by atoms with Crippen molar-refractivity contribution in [2.75, 3.05) is 0 Å². The van der Waals surface area contributed by atoms with Gasteiger partial charge in [-0.2, -0.15) is 8.78 Å². The Morgan fingerprint density at radius 2 is 1.21 bits per heavy atom. The van der Waals surface area contributed by atoms with E-state index in [1.807, 2.05) is 0 Å². The van der Waals surface area contributed by atoms with E-state index in [4.69, 9.17) is 0 Å². The summed E-state index contributed by atoms with van der Waals surface area (Å²) in [5, 5.41) is 0. The summed E-state index contributed by atoms with van der Waals surface area (Å²) in [6, 6.07) is 0. The van der Waals surface area contributed by atoms with Crippen molar-refractivity contribution in [1.82, 2.24) is 0 Å². The third kappa shape index (κ3) is 2.85. The molecule has 0 aliphatic rings. The van der Waals surface area contributed by atoms with Gasteiger partial charge in [0.05, 0.1) is 5.92 Å². The van der Waals surface area contributed by atoms with E-state index < -0.39 is 46.7 Å².